The number of hydrogen-bond acceptors (Lipinski definition) is 2. The molecule has 0 aliphatic rings. The number of carbonyl (C=O) groups is 1. The predicted octanol–water partition coefficient (Wildman–Crippen LogP) is 7.53. The van der Waals surface area contributed by atoms with E-state index in [4.69, 9.17) is 0 Å². The third-order valence-electron chi connectivity index (χ3n) is 4.78. The van der Waals surface area contributed by atoms with Crippen molar-refractivity contribution in [3.05, 3.63) is 28.8 Å². The van der Waals surface area contributed by atoms with Crippen LogP contribution in [-0.2, 0) is 4.79 Å². The molecule has 19 heteroatoms. The maximum Gasteiger partial charge on any atom is 0.460 e. The van der Waals surface area contributed by atoms with Crippen LogP contribution in [0.2, 0.25) is 0 Å². The van der Waals surface area contributed by atoms with Crippen LogP contribution < -0.4 is 4.74 Å². The normalized spacial score (nSPS) is 15.1. The molecule has 0 spiro atoms. The number of hydrogen-bond donors (Lipinski definition) is 0. The SMILES string of the molecule is Cc1cc(C)c(OC(=O)C(F)(F)C(F)(F)C(F)(F)C(F)(F)C(F)(F)C(F)(F)C(F)(F)C(F)(F)F)c(C)c1. The molecule has 1 aromatic rings. The zero-order valence-corrected chi connectivity index (χ0v) is 17.9. The molecule has 0 amide bonds. The molecule has 2 nitrogen and oxygen atoms in total. The topological polar surface area (TPSA) is 26.3 Å². The first kappa shape index (κ1) is 32.5. The molecular weight excluding hydrogens is 571 g/mol. The van der Waals surface area contributed by atoms with Gasteiger partial charge >= 0.3 is 53.6 Å². The summed E-state index contributed by atoms with van der Waals surface area (Å²) >= 11 is 0. The van der Waals surface area contributed by atoms with E-state index in [2.05, 4.69) is 4.74 Å². The van der Waals surface area contributed by atoms with Crippen molar-refractivity contribution in [2.45, 2.75) is 68.4 Å². The summed E-state index contributed by atoms with van der Waals surface area (Å²) in [4.78, 5) is 11.5. The second kappa shape index (κ2) is 8.78. The average Bonchev–Trinajstić information content (AvgIpc) is 2.68. The summed E-state index contributed by atoms with van der Waals surface area (Å²) in [6.07, 6.45) is -7.84. The van der Waals surface area contributed by atoms with E-state index in [9.17, 15) is 79.4 Å². The first-order chi connectivity index (χ1) is 16.0. The molecule has 0 saturated heterocycles. The van der Waals surface area contributed by atoms with E-state index in [-0.39, 0.29) is 11.1 Å². The molecule has 0 aromatic heterocycles. The highest BCUT2D eigenvalue weighted by Gasteiger charge is 2.96. The summed E-state index contributed by atoms with van der Waals surface area (Å²) in [6, 6.07) is 2.08. The highest BCUT2D eigenvalue weighted by Crippen LogP contribution is 2.64. The quantitative estimate of drug-likeness (QED) is 0.180. The molecule has 0 heterocycles. The summed E-state index contributed by atoms with van der Waals surface area (Å²) in [5.41, 5.74) is -0.304. The molecule has 0 saturated carbocycles. The van der Waals surface area contributed by atoms with Crippen molar-refractivity contribution in [2.24, 2.45) is 0 Å². The zero-order chi connectivity index (χ0) is 30.0. The summed E-state index contributed by atoms with van der Waals surface area (Å²) < 4.78 is 229. The van der Waals surface area contributed by atoms with Gasteiger partial charge in [-0.25, -0.2) is 4.79 Å². The van der Waals surface area contributed by atoms with Crippen molar-refractivity contribution in [1.29, 1.82) is 0 Å². The van der Waals surface area contributed by atoms with E-state index in [1.165, 1.54) is 6.92 Å². The minimum atomic E-state index is -8.77. The summed E-state index contributed by atoms with van der Waals surface area (Å²) in [5, 5.41) is 0. The van der Waals surface area contributed by atoms with Crippen LogP contribution in [0.1, 0.15) is 16.7 Å². The van der Waals surface area contributed by atoms with Gasteiger partial charge in [0, 0.05) is 0 Å². The van der Waals surface area contributed by atoms with Gasteiger partial charge in [-0.05, 0) is 31.9 Å². The molecule has 0 aliphatic carbocycles. The lowest BCUT2D eigenvalue weighted by Crippen LogP contribution is -2.75. The third-order valence-corrected chi connectivity index (χ3v) is 4.78. The van der Waals surface area contributed by atoms with E-state index in [0.29, 0.717) is 5.56 Å². The van der Waals surface area contributed by atoms with Crippen LogP contribution in [0.25, 0.3) is 0 Å². The van der Waals surface area contributed by atoms with Gasteiger partial charge in [0.2, 0.25) is 0 Å². The van der Waals surface area contributed by atoms with Crippen LogP contribution in [0.3, 0.4) is 0 Å². The lowest BCUT2D eigenvalue weighted by Gasteiger charge is -2.42. The lowest BCUT2D eigenvalue weighted by molar-refractivity contribution is -0.459. The van der Waals surface area contributed by atoms with Gasteiger partial charge in [-0.15, -0.1) is 0 Å². The smallest absolute Gasteiger partial charge is 0.421 e. The van der Waals surface area contributed by atoms with Crippen LogP contribution >= 0.6 is 0 Å². The van der Waals surface area contributed by atoms with Crippen molar-refractivity contribution in [3.8, 4) is 5.75 Å². The Morgan fingerprint density at radius 3 is 1.16 bits per heavy atom. The highest BCUT2D eigenvalue weighted by molar-refractivity contribution is 5.82. The molecule has 0 aliphatic heterocycles. The molecule has 37 heavy (non-hydrogen) atoms. The van der Waals surface area contributed by atoms with Crippen LogP contribution in [0.15, 0.2) is 12.1 Å². The summed E-state index contributed by atoms with van der Waals surface area (Å²) in [5.74, 6) is -63.2. The number of halogens is 17. The Morgan fingerprint density at radius 1 is 0.541 bits per heavy atom. The Morgan fingerprint density at radius 2 is 0.838 bits per heavy atom. The second-order valence-corrected chi connectivity index (χ2v) is 7.64. The molecular formula is C18H11F17O2. The zero-order valence-electron chi connectivity index (χ0n) is 17.9. The van der Waals surface area contributed by atoms with Gasteiger partial charge in [0.15, 0.2) is 0 Å². The predicted molar refractivity (Wildman–Crippen MR) is 87.0 cm³/mol. The Labute approximate surface area is 194 Å². The molecule has 214 valence electrons. The van der Waals surface area contributed by atoms with E-state index in [1.807, 2.05) is 0 Å². The number of alkyl halides is 17. The Bertz CT molecular complexity index is 1020. The van der Waals surface area contributed by atoms with Gasteiger partial charge in [0.1, 0.15) is 5.75 Å². The summed E-state index contributed by atoms with van der Waals surface area (Å²) in [6.45, 7) is 3.32. The molecule has 0 atom stereocenters. The molecule has 0 fully saturated rings. The van der Waals surface area contributed by atoms with E-state index in [1.54, 1.807) is 0 Å². The van der Waals surface area contributed by atoms with Crippen molar-refractivity contribution in [3.63, 3.8) is 0 Å². The molecule has 1 aromatic carbocycles. The monoisotopic (exact) mass is 582 g/mol. The van der Waals surface area contributed by atoms with Crippen LogP contribution in [0, 0.1) is 20.8 Å². The Kier molecular flexibility index (Phi) is 7.71. The molecule has 0 N–H and O–H groups in total. The third kappa shape index (κ3) is 4.44. The van der Waals surface area contributed by atoms with Gasteiger partial charge in [-0.1, -0.05) is 17.7 Å². The first-order valence-electron chi connectivity index (χ1n) is 8.98. The van der Waals surface area contributed by atoms with E-state index < -0.39 is 59.4 Å². The largest absolute Gasteiger partial charge is 0.460 e. The van der Waals surface area contributed by atoms with Gasteiger partial charge in [0.05, 0.1) is 0 Å². The fraction of sp³-hybridized carbons (Fsp3) is 0.611. The van der Waals surface area contributed by atoms with Gasteiger partial charge in [-0.3, -0.25) is 0 Å². The minimum absolute atomic E-state index is 0.317. The maximum atomic E-state index is 14.0. The Hall–Kier alpha value is -2.50. The standard InChI is InChI=1S/C18H11F17O2/c1-6-4-7(2)9(8(3)5-6)37-10(36)11(19,20)12(21,22)13(23,24)14(25,26)15(27,28)16(29,30)17(31,32)18(33,34)35/h4-5H,1-3H3. The van der Waals surface area contributed by atoms with Crippen LogP contribution in [-0.4, -0.2) is 53.6 Å². The van der Waals surface area contributed by atoms with Gasteiger partial charge in [-0.2, -0.15) is 74.6 Å². The molecule has 0 unspecified atom stereocenters. The number of esters is 1. The number of ether oxygens (including phenoxy) is 1. The van der Waals surface area contributed by atoms with Crippen molar-refractivity contribution < 1.29 is 84.2 Å². The minimum Gasteiger partial charge on any atom is -0.421 e. The van der Waals surface area contributed by atoms with Crippen molar-refractivity contribution >= 4 is 5.97 Å². The fourth-order valence-electron chi connectivity index (χ4n) is 2.78. The fourth-order valence-corrected chi connectivity index (χ4v) is 2.78. The number of benzene rings is 1. The summed E-state index contributed by atoms with van der Waals surface area (Å²) in [7, 11) is 0. The number of carbonyl (C=O) groups excluding carboxylic acids is 1. The van der Waals surface area contributed by atoms with Crippen molar-refractivity contribution in [1.82, 2.24) is 0 Å². The van der Waals surface area contributed by atoms with Crippen LogP contribution in [0.5, 0.6) is 5.75 Å². The maximum absolute atomic E-state index is 14.0. The van der Waals surface area contributed by atoms with E-state index in [0.717, 1.165) is 26.0 Å². The van der Waals surface area contributed by atoms with Gasteiger partial charge in [0.25, 0.3) is 0 Å². The van der Waals surface area contributed by atoms with Crippen molar-refractivity contribution in [2.75, 3.05) is 0 Å². The number of rotatable bonds is 8. The Balaban J connectivity index is 3.64. The first-order valence-corrected chi connectivity index (χ1v) is 8.98. The van der Waals surface area contributed by atoms with Gasteiger partial charge < -0.3 is 4.74 Å². The highest BCUT2D eigenvalue weighted by atomic mass is 19.4. The molecule has 0 radical (unpaired) electrons. The second-order valence-electron chi connectivity index (χ2n) is 7.64. The molecule has 0 bridgehead atoms. The number of aryl methyl sites for hydroxylation is 3. The van der Waals surface area contributed by atoms with E-state index >= 15 is 0 Å². The van der Waals surface area contributed by atoms with Crippen LogP contribution in [0.4, 0.5) is 74.6 Å². The molecule has 1 rings (SSSR count). The average molecular weight is 582 g/mol. The lowest BCUT2D eigenvalue weighted by atomic mass is 9.89.